The Kier molecular flexibility index (Phi) is 3.02. The van der Waals surface area contributed by atoms with Gasteiger partial charge in [-0.25, -0.2) is 4.99 Å². The number of nitrogens with zero attached hydrogens (tertiary/aromatic N) is 1. The quantitative estimate of drug-likeness (QED) is 0.376. The molecule has 0 fully saturated rings. The molecule has 0 aliphatic rings. The van der Waals surface area contributed by atoms with E-state index in [1.807, 2.05) is 6.92 Å². The summed E-state index contributed by atoms with van der Waals surface area (Å²) in [5.41, 5.74) is 0. The summed E-state index contributed by atoms with van der Waals surface area (Å²) < 4.78 is 4.60. The first-order valence-corrected chi connectivity index (χ1v) is 2.03. The maximum absolute atomic E-state index is 4.60. The molecule has 0 saturated carbocycles. The van der Waals surface area contributed by atoms with Crippen molar-refractivity contribution in [2.75, 3.05) is 7.11 Å². The molecule has 0 aromatic carbocycles. The van der Waals surface area contributed by atoms with Gasteiger partial charge < -0.3 is 4.74 Å². The van der Waals surface area contributed by atoms with E-state index < -0.39 is 0 Å². The zero-order chi connectivity index (χ0) is 5.70. The first-order valence-electron chi connectivity index (χ1n) is 2.03. The summed E-state index contributed by atoms with van der Waals surface area (Å²) in [4.78, 5) is 3.70. The van der Waals surface area contributed by atoms with E-state index in [1.54, 1.807) is 6.21 Å². The molecule has 0 saturated heterocycles. The summed E-state index contributed by atoms with van der Waals surface area (Å²) in [5.74, 6) is 0.447. The second-order valence-corrected chi connectivity index (χ2v) is 0.985. The molecule has 0 rings (SSSR count). The van der Waals surface area contributed by atoms with Crippen molar-refractivity contribution < 1.29 is 4.74 Å². The highest BCUT2D eigenvalue weighted by molar-refractivity contribution is 5.54. The molecule has 0 aromatic rings. The van der Waals surface area contributed by atoms with Crippen LogP contribution in [0.25, 0.3) is 0 Å². The van der Waals surface area contributed by atoms with Gasteiger partial charge in [0.25, 0.3) is 0 Å². The monoisotopic (exact) mass is 99.1 g/mol. The fraction of sp³-hybridized carbons (Fsp3) is 0.400. The third-order valence-electron chi connectivity index (χ3n) is 0.509. The van der Waals surface area contributed by atoms with Gasteiger partial charge in [-0.1, -0.05) is 0 Å². The minimum atomic E-state index is 0.447. The van der Waals surface area contributed by atoms with Crippen LogP contribution in [0.5, 0.6) is 0 Å². The Bertz CT molecular complexity index is 86.1. The second-order valence-electron chi connectivity index (χ2n) is 0.985. The van der Waals surface area contributed by atoms with Crippen molar-refractivity contribution >= 4 is 6.21 Å². The highest BCUT2D eigenvalue weighted by Crippen LogP contribution is 1.87. The van der Waals surface area contributed by atoms with Crippen LogP contribution in [0.15, 0.2) is 17.5 Å². The van der Waals surface area contributed by atoms with Crippen LogP contribution in [0.3, 0.4) is 0 Å². The van der Waals surface area contributed by atoms with Gasteiger partial charge in [0, 0.05) is 6.21 Å². The summed E-state index contributed by atoms with van der Waals surface area (Å²) in [7, 11) is 1.54. The molecule has 0 atom stereocenters. The number of methoxy groups -OCH3 is 1. The standard InChI is InChI=1S/C5H9NO/c1-4-6-5(2)7-3/h4H,2H2,1,3H3/b6-4+. The Hall–Kier alpha value is -0.790. The van der Waals surface area contributed by atoms with Crippen molar-refractivity contribution in [2.45, 2.75) is 6.92 Å². The summed E-state index contributed by atoms with van der Waals surface area (Å²) in [6, 6.07) is 0. The molecule has 0 bridgehead atoms. The zero-order valence-corrected chi connectivity index (χ0v) is 4.64. The fourth-order valence-corrected chi connectivity index (χ4v) is 0.197. The molecule has 0 unspecified atom stereocenters. The average Bonchev–Trinajstić information content (AvgIpc) is 1.68. The molecule has 0 aliphatic heterocycles. The number of aliphatic imine (C=N–C) groups is 1. The molecule has 7 heavy (non-hydrogen) atoms. The van der Waals surface area contributed by atoms with E-state index in [0.29, 0.717) is 5.88 Å². The van der Waals surface area contributed by atoms with Crippen LogP contribution < -0.4 is 0 Å². The first-order chi connectivity index (χ1) is 3.31. The smallest absolute Gasteiger partial charge is 0.205 e. The lowest BCUT2D eigenvalue weighted by Gasteiger charge is -1.91. The van der Waals surface area contributed by atoms with E-state index >= 15 is 0 Å². The second kappa shape index (κ2) is 3.40. The summed E-state index contributed by atoms with van der Waals surface area (Å²) >= 11 is 0. The molecule has 0 aliphatic carbocycles. The third-order valence-corrected chi connectivity index (χ3v) is 0.509. The molecule has 0 heterocycles. The molecule has 2 nitrogen and oxygen atoms in total. The highest BCUT2D eigenvalue weighted by atomic mass is 16.5. The van der Waals surface area contributed by atoms with Crippen LogP contribution in [0.1, 0.15) is 6.92 Å². The number of hydrogen-bond donors (Lipinski definition) is 0. The van der Waals surface area contributed by atoms with Crippen molar-refractivity contribution in [1.82, 2.24) is 0 Å². The van der Waals surface area contributed by atoms with Crippen LogP contribution in [0, 0.1) is 0 Å². The van der Waals surface area contributed by atoms with Crippen molar-refractivity contribution in [2.24, 2.45) is 4.99 Å². The van der Waals surface area contributed by atoms with E-state index in [9.17, 15) is 0 Å². The number of ether oxygens (including phenoxy) is 1. The third kappa shape index (κ3) is 3.03. The fourth-order valence-electron chi connectivity index (χ4n) is 0.197. The molecule has 0 N–H and O–H groups in total. The Morgan fingerprint density at radius 1 is 1.86 bits per heavy atom. The maximum atomic E-state index is 4.60. The molecule has 40 valence electrons. The average molecular weight is 99.1 g/mol. The minimum absolute atomic E-state index is 0.447. The Morgan fingerprint density at radius 3 is 2.57 bits per heavy atom. The summed E-state index contributed by atoms with van der Waals surface area (Å²) in [5, 5.41) is 0. The van der Waals surface area contributed by atoms with Gasteiger partial charge in [-0.15, -0.1) is 0 Å². The highest BCUT2D eigenvalue weighted by Gasteiger charge is 1.75. The molecule has 2 heteroatoms. The van der Waals surface area contributed by atoms with Crippen LogP contribution >= 0.6 is 0 Å². The van der Waals surface area contributed by atoms with E-state index in [4.69, 9.17) is 0 Å². The lowest BCUT2D eigenvalue weighted by Crippen LogP contribution is -1.76. The van der Waals surface area contributed by atoms with Gasteiger partial charge in [0.1, 0.15) is 0 Å². The van der Waals surface area contributed by atoms with Gasteiger partial charge in [0.15, 0.2) is 0 Å². The van der Waals surface area contributed by atoms with Crippen molar-refractivity contribution in [1.29, 1.82) is 0 Å². The topological polar surface area (TPSA) is 21.6 Å². The van der Waals surface area contributed by atoms with Crippen LogP contribution in [-0.4, -0.2) is 13.3 Å². The molecule has 0 amide bonds. The first kappa shape index (κ1) is 6.21. The molecule has 0 aromatic heterocycles. The van der Waals surface area contributed by atoms with Gasteiger partial charge in [-0.05, 0) is 13.5 Å². The Morgan fingerprint density at radius 2 is 2.43 bits per heavy atom. The van der Waals surface area contributed by atoms with E-state index in [-0.39, 0.29) is 0 Å². The SMILES string of the molecule is C=C(/N=C/C)OC. The number of rotatable bonds is 2. The van der Waals surface area contributed by atoms with Gasteiger partial charge in [-0.2, -0.15) is 0 Å². The van der Waals surface area contributed by atoms with Crippen molar-refractivity contribution in [3.8, 4) is 0 Å². The number of hydrogen-bond acceptors (Lipinski definition) is 2. The maximum Gasteiger partial charge on any atom is 0.205 e. The Labute approximate surface area is 43.5 Å². The molecule has 0 radical (unpaired) electrons. The van der Waals surface area contributed by atoms with Gasteiger partial charge in [0.2, 0.25) is 5.88 Å². The molecule has 0 spiro atoms. The van der Waals surface area contributed by atoms with Crippen LogP contribution in [-0.2, 0) is 4.74 Å². The summed E-state index contributed by atoms with van der Waals surface area (Å²) in [6.45, 7) is 5.25. The summed E-state index contributed by atoms with van der Waals surface area (Å²) in [6.07, 6.45) is 1.63. The van der Waals surface area contributed by atoms with Gasteiger partial charge in [0.05, 0.1) is 7.11 Å². The van der Waals surface area contributed by atoms with Crippen LogP contribution in [0.4, 0.5) is 0 Å². The van der Waals surface area contributed by atoms with E-state index in [1.165, 1.54) is 7.11 Å². The zero-order valence-electron chi connectivity index (χ0n) is 4.64. The largest absolute Gasteiger partial charge is 0.481 e. The van der Waals surface area contributed by atoms with E-state index in [2.05, 4.69) is 16.3 Å². The lowest BCUT2D eigenvalue weighted by atomic mass is 10.8. The van der Waals surface area contributed by atoms with Crippen molar-refractivity contribution in [3.63, 3.8) is 0 Å². The molecular formula is C5H9NO. The Balaban J connectivity index is 3.37. The lowest BCUT2D eigenvalue weighted by molar-refractivity contribution is 0.291. The van der Waals surface area contributed by atoms with Crippen molar-refractivity contribution in [3.05, 3.63) is 12.5 Å². The predicted molar refractivity (Wildman–Crippen MR) is 30.3 cm³/mol. The van der Waals surface area contributed by atoms with E-state index in [0.717, 1.165) is 0 Å². The van der Waals surface area contributed by atoms with Gasteiger partial charge in [-0.3, -0.25) is 0 Å². The molecular weight excluding hydrogens is 90.1 g/mol. The normalized spacial score (nSPS) is 9.43. The predicted octanol–water partition coefficient (Wildman–Crippen LogP) is 1.19. The minimum Gasteiger partial charge on any atom is -0.481 e. The van der Waals surface area contributed by atoms with Crippen LogP contribution in [0.2, 0.25) is 0 Å². The van der Waals surface area contributed by atoms with Gasteiger partial charge >= 0.3 is 0 Å².